The molecule has 0 saturated heterocycles. The molecule has 2 aromatic carbocycles. The number of halogens is 3. The molecule has 1 aliphatic heterocycles. The van der Waals surface area contributed by atoms with Gasteiger partial charge in [0.2, 0.25) is 5.90 Å². The fraction of sp³-hybridized carbons (Fsp3) is 0. The highest BCUT2D eigenvalue weighted by Gasteiger charge is 2.26. The quantitative estimate of drug-likeness (QED) is 0.595. The maximum absolute atomic E-state index is 13.7. The van der Waals surface area contributed by atoms with Gasteiger partial charge in [0.15, 0.2) is 5.70 Å². The number of carbonyl (C=O) groups excluding carboxylic acids is 1. The normalized spacial score (nSPS) is 15.9. The molecule has 3 rings (SSSR count). The summed E-state index contributed by atoms with van der Waals surface area (Å²) in [6.45, 7) is 0. The molecule has 1 aliphatic rings. The third kappa shape index (κ3) is 2.82. The topological polar surface area (TPSA) is 38.7 Å². The van der Waals surface area contributed by atoms with E-state index in [1.165, 1.54) is 36.4 Å². The Labute approximate surface area is 133 Å². The summed E-state index contributed by atoms with van der Waals surface area (Å²) in [5, 5.41) is 0. The Kier molecular flexibility index (Phi) is 3.85. The first-order valence-corrected chi connectivity index (χ1v) is 7.06. The molecule has 0 spiro atoms. The van der Waals surface area contributed by atoms with Crippen LogP contribution in [-0.4, -0.2) is 11.9 Å². The molecule has 6 heteroatoms. The highest BCUT2D eigenvalue weighted by atomic mass is 79.9. The van der Waals surface area contributed by atoms with Crippen molar-refractivity contribution in [3.05, 3.63) is 75.4 Å². The van der Waals surface area contributed by atoms with Gasteiger partial charge in [0.05, 0.1) is 5.56 Å². The van der Waals surface area contributed by atoms with E-state index in [2.05, 4.69) is 20.9 Å². The van der Waals surface area contributed by atoms with Crippen molar-refractivity contribution >= 4 is 33.9 Å². The average Bonchev–Trinajstić information content (AvgIpc) is 2.84. The Morgan fingerprint density at radius 2 is 1.86 bits per heavy atom. The number of cyclic esters (lactones) is 1. The van der Waals surface area contributed by atoms with Gasteiger partial charge in [0.25, 0.3) is 0 Å². The molecule has 0 fully saturated rings. The zero-order valence-corrected chi connectivity index (χ0v) is 12.6. The molecular formula is C16H8BrF2NO2. The van der Waals surface area contributed by atoms with Gasteiger partial charge in [-0.2, -0.15) is 0 Å². The number of carbonyl (C=O) groups is 1. The van der Waals surface area contributed by atoms with Gasteiger partial charge in [-0.15, -0.1) is 0 Å². The van der Waals surface area contributed by atoms with Crippen LogP contribution in [-0.2, 0) is 9.53 Å². The lowest BCUT2D eigenvalue weighted by atomic mass is 10.2. The number of rotatable bonds is 2. The molecule has 110 valence electrons. The van der Waals surface area contributed by atoms with E-state index in [0.29, 0.717) is 4.47 Å². The Morgan fingerprint density at radius 1 is 1.09 bits per heavy atom. The second kappa shape index (κ2) is 5.81. The van der Waals surface area contributed by atoms with Crippen LogP contribution in [0.2, 0.25) is 0 Å². The Bertz CT molecular complexity index is 831. The highest BCUT2D eigenvalue weighted by Crippen LogP contribution is 2.23. The first-order valence-electron chi connectivity index (χ1n) is 6.27. The van der Waals surface area contributed by atoms with Crippen LogP contribution < -0.4 is 0 Å². The molecular weight excluding hydrogens is 356 g/mol. The van der Waals surface area contributed by atoms with E-state index in [4.69, 9.17) is 4.74 Å². The molecule has 0 saturated carbocycles. The van der Waals surface area contributed by atoms with Crippen molar-refractivity contribution in [3.8, 4) is 0 Å². The zero-order chi connectivity index (χ0) is 15.7. The van der Waals surface area contributed by atoms with Crippen LogP contribution in [0.15, 0.2) is 57.6 Å². The summed E-state index contributed by atoms with van der Waals surface area (Å²) in [7, 11) is 0. The Hall–Kier alpha value is -2.34. The number of nitrogens with zero attached hydrogens (tertiary/aromatic N) is 1. The van der Waals surface area contributed by atoms with Crippen molar-refractivity contribution in [2.24, 2.45) is 4.99 Å². The van der Waals surface area contributed by atoms with Gasteiger partial charge >= 0.3 is 5.97 Å². The molecule has 22 heavy (non-hydrogen) atoms. The Balaban J connectivity index is 2.02. The van der Waals surface area contributed by atoms with Crippen LogP contribution in [0.3, 0.4) is 0 Å². The lowest BCUT2D eigenvalue weighted by molar-refractivity contribution is -0.129. The van der Waals surface area contributed by atoms with Crippen molar-refractivity contribution in [1.29, 1.82) is 0 Å². The molecule has 0 bridgehead atoms. The smallest absolute Gasteiger partial charge is 0.363 e. The van der Waals surface area contributed by atoms with Crippen LogP contribution in [0.25, 0.3) is 6.08 Å². The summed E-state index contributed by atoms with van der Waals surface area (Å²) < 4.78 is 33.0. The van der Waals surface area contributed by atoms with Crippen molar-refractivity contribution in [2.45, 2.75) is 0 Å². The minimum Gasteiger partial charge on any atom is -0.402 e. The molecule has 0 N–H and O–H groups in total. The monoisotopic (exact) mass is 363 g/mol. The van der Waals surface area contributed by atoms with Crippen LogP contribution in [0.4, 0.5) is 8.78 Å². The summed E-state index contributed by atoms with van der Waals surface area (Å²) in [6, 6.07) is 10.1. The van der Waals surface area contributed by atoms with E-state index < -0.39 is 17.6 Å². The van der Waals surface area contributed by atoms with Crippen molar-refractivity contribution in [3.63, 3.8) is 0 Å². The van der Waals surface area contributed by atoms with E-state index in [-0.39, 0.29) is 22.7 Å². The summed E-state index contributed by atoms with van der Waals surface area (Å²) in [5.41, 5.74) is 0.170. The van der Waals surface area contributed by atoms with Crippen LogP contribution >= 0.6 is 15.9 Å². The zero-order valence-electron chi connectivity index (χ0n) is 11.0. The summed E-state index contributed by atoms with van der Waals surface area (Å²) >= 11 is 3.22. The Morgan fingerprint density at radius 3 is 2.64 bits per heavy atom. The van der Waals surface area contributed by atoms with Gasteiger partial charge in [0, 0.05) is 10.0 Å². The van der Waals surface area contributed by atoms with Crippen molar-refractivity contribution in [1.82, 2.24) is 0 Å². The molecule has 0 atom stereocenters. The first-order chi connectivity index (χ1) is 10.5. The predicted molar refractivity (Wildman–Crippen MR) is 81.1 cm³/mol. The van der Waals surface area contributed by atoms with Gasteiger partial charge in [-0.1, -0.05) is 28.1 Å². The molecule has 3 nitrogen and oxygen atoms in total. The third-order valence-corrected chi connectivity index (χ3v) is 3.47. The maximum atomic E-state index is 13.7. The maximum Gasteiger partial charge on any atom is 0.363 e. The minimum atomic E-state index is -0.752. The number of ether oxygens (including phenoxy) is 1. The fourth-order valence-corrected chi connectivity index (χ4v) is 2.31. The summed E-state index contributed by atoms with van der Waals surface area (Å²) in [6.07, 6.45) is 1.26. The van der Waals surface area contributed by atoms with Gasteiger partial charge < -0.3 is 4.74 Å². The van der Waals surface area contributed by atoms with E-state index >= 15 is 0 Å². The molecule has 0 amide bonds. The molecule has 1 heterocycles. The number of hydrogen-bond acceptors (Lipinski definition) is 3. The fourth-order valence-electron chi connectivity index (χ4n) is 1.93. The average molecular weight is 364 g/mol. The second-order valence-electron chi connectivity index (χ2n) is 4.48. The molecule has 0 aromatic heterocycles. The number of hydrogen-bond donors (Lipinski definition) is 0. The summed E-state index contributed by atoms with van der Waals surface area (Å²) in [4.78, 5) is 15.8. The first kappa shape index (κ1) is 14.6. The minimum absolute atomic E-state index is 0.0777. The van der Waals surface area contributed by atoms with Crippen molar-refractivity contribution < 1.29 is 18.3 Å². The lowest BCUT2D eigenvalue weighted by Gasteiger charge is -1.99. The largest absolute Gasteiger partial charge is 0.402 e. The van der Waals surface area contributed by atoms with E-state index in [1.807, 2.05) is 0 Å². The van der Waals surface area contributed by atoms with Crippen LogP contribution in [0.1, 0.15) is 11.1 Å². The van der Waals surface area contributed by atoms with Crippen LogP contribution in [0, 0.1) is 11.6 Å². The van der Waals surface area contributed by atoms with Gasteiger partial charge in [-0.25, -0.2) is 18.6 Å². The molecule has 2 aromatic rings. The van der Waals surface area contributed by atoms with Gasteiger partial charge in [0.1, 0.15) is 11.6 Å². The van der Waals surface area contributed by atoms with E-state index in [9.17, 15) is 13.6 Å². The number of benzene rings is 2. The molecule has 0 radical (unpaired) electrons. The standard InChI is InChI=1S/C16H8BrF2NO2/c17-10-5-6-12(18)9(7-10)8-14-16(21)22-15(20-14)11-3-1-2-4-13(11)19/h1-8H/b14-8+. The number of esters is 1. The van der Waals surface area contributed by atoms with E-state index in [1.54, 1.807) is 12.1 Å². The third-order valence-electron chi connectivity index (χ3n) is 2.98. The molecule has 0 unspecified atom stereocenters. The predicted octanol–water partition coefficient (Wildman–Crippen LogP) is 4.07. The van der Waals surface area contributed by atoms with Gasteiger partial charge in [-0.05, 0) is 36.4 Å². The summed E-state index contributed by atoms with van der Waals surface area (Å²) in [5.74, 6) is -1.94. The van der Waals surface area contributed by atoms with Crippen LogP contribution in [0.5, 0.6) is 0 Å². The van der Waals surface area contributed by atoms with Gasteiger partial charge in [-0.3, -0.25) is 0 Å². The number of aliphatic imine (C=N–C) groups is 1. The van der Waals surface area contributed by atoms with Crippen molar-refractivity contribution in [2.75, 3.05) is 0 Å². The molecule has 0 aliphatic carbocycles. The second-order valence-corrected chi connectivity index (χ2v) is 5.40. The lowest BCUT2D eigenvalue weighted by Crippen LogP contribution is -2.07. The SMILES string of the molecule is O=C1OC(c2ccccc2F)=N/C1=C/c1cc(Br)ccc1F. The highest BCUT2D eigenvalue weighted by molar-refractivity contribution is 9.10. The van der Waals surface area contributed by atoms with E-state index in [0.717, 1.165) is 0 Å².